The average molecular weight is 381 g/mol. The molecule has 0 saturated heterocycles. The number of rotatable bonds is 9. The van der Waals surface area contributed by atoms with Gasteiger partial charge in [-0.15, -0.1) is 0 Å². The standard InChI is InChI=1S/C22H27N3O3/c1-3-5-12-23-21(26)14-28-15-22(27)24-16-10-11-20-18(13-16)17-8-6-7-9-19(17)25(20)4-2/h6-11,13H,3-5,12,14-15H2,1-2H3,(H,23,26)(H,24,27). The van der Waals surface area contributed by atoms with Crippen LogP contribution in [0.25, 0.3) is 21.8 Å². The predicted octanol–water partition coefficient (Wildman–Crippen LogP) is 3.69. The molecule has 0 fully saturated rings. The minimum absolute atomic E-state index is 0.111. The minimum Gasteiger partial charge on any atom is -0.362 e. The predicted molar refractivity (Wildman–Crippen MR) is 112 cm³/mol. The molecule has 0 unspecified atom stereocenters. The van der Waals surface area contributed by atoms with Gasteiger partial charge in [0, 0.05) is 40.6 Å². The Hall–Kier alpha value is -2.86. The molecule has 148 valence electrons. The summed E-state index contributed by atoms with van der Waals surface area (Å²) in [5.41, 5.74) is 3.04. The fourth-order valence-electron chi connectivity index (χ4n) is 3.36. The molecule has 3 rings (SSSR count). The number of hydrogen-bond donors (Lipinski definition) is 2. The van der Waals surface area contributed by atoms with Gasteiger partial charge in [-0.05, 0) is 37.6 Å². The molecule has 28 heavy (non-hydrogen) atoms. The Labute approximate surface area is 164 Å². The van der Waals surface area contributed by atoms with E-state index in [9.17, 15) is 9.59 Å². The summed E-state index contributed by atoms with van der Waals surface area (Å²) in [5, 5.41) is 7.87. The molecular weight excluding hydrogens is 354 g/mol. The first-order valence-electron chi connectivity index (χ1n) is 9.79. The molecule has 2 N–H and O–H groups in total. The van der Waals surface area contributed by atoms with Gasteiger partial charge in [0.25, 0.3) is 0 Å². The number of benzene rings is 2. The van der Waals surface area contributed by atoms with Gasteiger partial charge in [0.15, 0.2) is 0 Å². The van der Waals surface area contributed by atoms with Gasteiger partial charge in [-0.2, -0.15) is 0 Å². The SMILES string of the molecule is CCCCNC(=O)COCC(=O)Nc1ccc2c(c1)c1ccccc1n2CC. The number of carbonyl (C=O) groups is 2. The Morgan fingerprint density at radius 2 is 1.71 bits per heavy atom. The number of aromatic nitrogens is 1. The van der Waals surface area contributed by atoms with Gasteiger partial charge < -0.3 is 19.9 Å². The van der Waals surface area contributed by atoms with E-state index in [0.717, 1.165) is 35.7 Å². The van der Waals surface area contributed by atoms with Crippen LogP contribution < -0.4 is 10.6 Å². The molecule has 0 bridgehead atoms. The Morgan fingerprint density at radius 3 is 2.50 bits per heavy atom. The summed E-state index contributed by atoms with van der Waals surface area (Å²) in [6.07, 6.45) is 1.95. The smallest absolute Gasteiger partial charge is 0.250 e. The second-order valence-corrected chi connectivity index (χ2v) is 6.74. The first kappa shape index (κ1) is 19.9. The van der Waals surface area contributed by atoms with Crippen LogP contribution in [0.2, 0.25) is 0 Å². The van der Waals surface area contributed by atoms with Crippen LogP contribution >= 0.6 is 0 Å². The third-order valence-corrected chi connectivity index (χ3v) is 4.69. The summed E-state index contributed by atoms with van der Waals surface area (Å²) in [6.45, 7) is 5.43. The van der Waals surface area contributed by atoms with Gasteiger partial charge in [0.2, 0.25) is 11.8 Å². The van der Waals surface area contributed by atoms with E-state index in [0.29, 0.717) is 12.2 Å². The maximum atomic E-state index is 12.1. The van der Waals surface area contributed by atoms with Crippen LogP contribution in [0.3, 0.4) is 0 Å². The monoisotopic (exact) mass is 381 g/mol. The Morgan fingerprint density at radius 1 is 0.964 bits per heavy atom. The molecule has 0 radical (unpaired) electrons. The number of ether oxygens (including phenoxy) is 1. The van der Waals surface area contributed by atoms with Crippen molar-refractivity contribution in [1.82, 2.24) is 9.88 Å². The van der Waals surface area contributed by atoms with E-state index in [4.69, 9.17) is 4.74 Å². The van der Waals surface area contributed by atoms with Crippen LogP contribution in [-0.2, 0) is 20.9 Å². The summed E-state index contributed by atoms with van der Waals surface area (Å²) in [5.74, 6) is -0.477. The molecule has 2 aromatic carbocycles. The number of anilines is 1. The van der Waals surface area contributed by atoms with Crippen molar-refractivity contribution in [3.8, 4) is 0 Å². The van der Waals surface area contributed by atoms with Crippen molar-refractivity contribution in [2.45, 2.75) is 33.2 Å². The number of carbonyl (C=O) groups excluding carboxylic acids is 2. The van der Waals surface area contributed by atoms with E-state index in [1.807, 2.05) is 30.3 Å². The van der Waals surface area contributed by atoms with Crippen molar-refractivity contribution in [2.75, 3.05) is 25.1 Å². The lowest BCUT2D eigenvalue weighted by Gasteiger charge is -2.08. The van der Waals surface area contributed by atoms with Crippen LogP contribution in [0, 0.1) is 0 Å². The van der Waals surface area contributed by atoms with Crippen molar-refractivity contribution in [3.63, 3.8) is 0 Å². The van der Waals surface area contributed by atoms with Gasteiger partial charge in [-0.1, -0.05) is 31.5 Å². The minimum atomic E-state index is -0.278. The van der Waals surface area contributed by atoms with E-state index in [2.05, 4.69) is 41.2 Å². The van der Waals surface area contributed by atoms with Crippen LogP contribution in [0.1, 0.15) is 26.7 Å². The number of amides is 2. The average Bonchev–Trinajstić information content (AvgIpc) is 3.01. The third kappa shape index (κ3) is 4.51. The van der Waals surface area contributed by atoms with E-state index in [1.54, 1.807) is 0 Å². The van der Waals surface area contributed by atoms with E-state index < -0.39 is 0 Å². The topological polar surface area (TPSA) is 72.4 Å². The highest BCUT2D eigenvalue weighted by Crippen LogP contribution is 2.30. The van der Waals surface area contributed by atoms with E-state index >= 15 is 0 Å². The van der Waals surface area contributed by atoms with Crippen LogP contribution in [0.15, 0.2) is 42.5 Å². The molecule has 0 aliphatic heterocycles. The third-order valence-electron chi connectivity index (χ3n) is 4.69. The summed E-state index contributed by atoms with van der Waals surface area (Å²) >= 11 is 0. The summed E-state index contributed by atoms with van der Waals surface area (Å²) in [7, 11) is 0. The lowest BCUT2D eigenvalue weighted by molar-refractivity contribution is -0.128. The molecule has 3 aromatic rings. The van der Waals surface area contributed by atoms with Crippen LogP contribution in [-0.4, -0.2) is 36.1 Å². The van der Waals surface area contributed by atoms with Gasteiger partial charge in [-0.3, -0.25) is 9.59 Å². The fourth-order valence-corrected chi connectivity index (χ4v) is 3.36. The summed E-state index contributed by atoms with van der Waals surface area (Å²) in [4.78, 5) is 23.7. The molecule has 1 aromatic heterocycles. The molecule has 6 nitrogen and oxygen atoms in total. The Balaban J connectivity index is 1.62. The maximum Gasteiger partial charge on any atom is 0.250 e. The van der Waals surface area contributed by atoms with E-state index in [-0.39, 0.29) is 25.0 Å². The summed E-state index contributed by atoms with van der Waals surface area (Å²) in [6, 6.07) is 14.2. The lowest BCUT2D eigenvalue weighted by Crippen LogP contribution is -2.30. The fraction of sp³-hybridized carbons (Fsp3) is 0.364. The molecule has 0 atom stereocenters. The molecular formula is C22H27N3O3. The van der Waals surface area contributed by atoms with Crippen molar-refractivity contribution in [1.29, 1.82) is 0 Å². The Bertz CT molecular complexity index is 978. The number of para-hydroxylation sites is 1. The second-order valence-electron chi connectivity index (χ2n) is 6.74. The quantitative estimate of drug-likeness (QED) is 0.555. The van der Waals surface area contributed by atoms with Crippen molar-refractivity contribution >= 4 is 39.3 Å². The second kappa shape index (κ2) is 9.37. The number of aryl methyl sites for hydroxylation is 1. The molecule has 1 heterocycles. The number of nitrogens with one attached hydrogen (secondary N) is 2. The number of unbranched alkanes of at least 4 members (excludes halogenated alkanes) is 1. The van der Waals surface area contributed by atoms with Gasteiger partial charge in [0.1, 0.15) is 13.2 Å². The highest BCUT2D eigenvalue weighted by Gasteiger charge is 2.11. The number of fused-ring (bicyclic) bond motifs is 3. The number of hydrogen-bond acceptors (Lipinski definition) is 3. The normalized spacial score (nSPS) is 11.1. The zero-order valence-corrected chi connectivity index (χ0v) is 16.5. The maximum absolute atomic E-state index is 12.1. The largest absolute Gasteiger partial charge is 0.362 e. The first-order chi connectivity index (χ1) is 13.6. The van der Waals surface area contributed by atoms with Crippen molar-refractivity contribution in [2.24, 2.45) is 0 Å². The highest BCUT2D eigenvalue weighted by molar-refractivity contribution is 6.09. The van der Waals surface area contributed by atoms with Gasteiger partial charge in [-0.25, -0.2) is 0 Å². The Kier molecular flexibility index (Phi) is 6.66. The van der Waals surface area contributed by atoms with Crippen molar-refractivity contribution in [3.05, 3.63) is 42.5 Å². The zero-order valence-electron chi connectivity index (χ0n) is 16.5. The lowest BCUT2D eigenvalue weighted by atomic mass is 10.1. The molecule has 0 aliphatic rings. The highest BCUT2D eigenvalue weighted by atomic mass is 16.5. The number of nitrogens with zero attached hydrogens (tertiary/aromatic N) is 1. The van der Waals surface area contributed by atoms with Gasteiger partial charge >= 0.3 is 0 Å². The molecule has 0 aliphatic carbocycles. The van der Waals surface area contributed by atoms with Crippen molar-refractivity contribution < 1.29 is 14.3 Å². The molecule has 0 saturated carbocycles. The molecule has 0 spiro atoms. The van der Waals surface area contributed by atoms with Crippen LogP contribution in [0.5, 0.6) is 0 Å². The summed E-state index contributed by atoms with van der Waals surface area (Å²) < 4.78 is 7.47. The molecule has 6 heteroatoms. The zero-order chi connectivity index (χ0) is 19.9. The van der Waals surface area contributed by atoms with E-state index in [1.165, 1.54) is 5.52 Å². The van der Waals surface area contributed by atoms with Crippen LogP contribution in [0.4, 0.5) is 5.69 Å². The molecule has 2 amide bonds. The van der Waals surface area contributed by atoms with Gasteiger partial charge in [0.05, 0.1) is 0 Å². The first-order valence-corrected chi connectivity index (χ1v) is 9.79.